The zero-order valence-electron chi connectivity index (χ0n) is 15.6. The Morgan fingerprint density at radius 1 is 1.00 bits per heavy atom. The number of hydrogen-bond donors (Lipinski definition) is 1. The summed E-state index contributed by atoms with van der Waals surface area (Å²) in [7, 11) is 0. The van der Waals surface area contributed by atoms with Crippen LogP contribution in [0.5, 0.6) is 0 Å². The van der Waals surface area contributed by atoms with E-state index in [1.807, 2.05) is 60.7 Å². The van der Waals surface area contributed by atoms with Gasteiger partial charge in [0.1, 0.15) is 5.25 Å². The molecule has 0 radical (unpaired) electrons. The van der Waals surface area contributed by atoms with Gasteiger partial charge in [0.2, 0.25) is 11.1 Å². The molecule has 1 N–H and O–H groups in total. The molecule has 144 valence electrons. The molecule has 7 heteroatoms. The number of para-hydroxylation sites is 1. The van der Waals surface area contributed by atoms with E-state index in [2.05, 4.69) is 20.8 Å². The SMILES string of the molecule is O=C(NC1CCCCC1)[C@H](Sc1nnnn1-c1ccccc1)c1ccccc1. The minimum absolute atomic E-state index is 0.0192. The van der Waals surface area contributed by atoms with Crippen LogP contribution in [-0.2, 0) is 4.79 Å². The molecule has 1 aliphatic carbocycles. The van der Waals surface area contributed by atoms with Gasteiger partial charge in [-0.05, 0) is 41.0 Å². The second-order valence-electron chi connectivity index (χ2n) is 6.96. The Morgan fingerprint density at radius 2 is 1.68 bits per heavy atom. The first-order valence-electron chi connectivity index (χ1n) is 9.67. The van der Waals surface area contributed by atoms with Crippen molar-refractivity contribution in [2.24, 2.45) is 0 Å². The van der Waals surface area contributed by atoms with Crippen LogP contribution in [0.3, 0.4) is 0 Å². The van der Waals surface area contributed by atoms with Gasteiger partial charge in [-0.25, -0.2) is 0 Å². The Hall–Kier alpha value is -2.67. The monoisotopic (exact) mass is 393 g/mol. The molecule has 1 atom stereocenters. The van der Waals surface area contributed by atoms with Crippen LogP contribution < -0.4 is 5.32 Å². The largest absolute Gasteiger partial charge is 0.352 e. The number of carbonyl (C=O) groups is 1. The lowest BCUT2D eigenvalue weighted by Gasteiger charge is -2.25. The third-order valence-corrected chi connectivity index (χ3v) is 6.14. The molecule has 1 aliphatic rings. The molecule has 1 fully saturated rings. The molecule has 28 heavy (non-hydrogen) atoms. The Bertz CT molecular complexity index is 893. The van der Waals surface area contributed by atoms with Gasteiger partial charge in [-0.3, -0.25) is 4.79 Å². The summed E-state index contributed by atoms with van der Waals surface area (Å²) in [5, 5.41) is 15.6. The van der Waals surface area contributed by atoms with E-state index in [1.165, 1.54) is 31.0 Å². The van der Waals surface area contributed by atoms with E-state index in [-0.39, 0.29) is 11.9 Å². The highest BCUT2D eigenvalue weighted by Crippen LogP contribution is 2.35. The molecule has 0 spiro atoms. The Kier molecular flexibility index (Phi) is 6.01. The van der Waals surface area contributed by atoms with Crippen LogP contribution in [0, 0.1) is 0 Å². The van der Waals surface area contributed by atoms with Gasteiger partial charge in [0, 0.05) is 6.04 Å². The number of nitrogens with zero attached hydrogens (tertiary/aromatic N) is 4. The first-order valence-corrected chi connectivity index (χ1v) is 10.5. The molecule has 1 saturated carbocycles. The number of benzene rings is 2. The highest BCUT2D eigenvalue weighted by Gasteiger charge is 2.27. The molecule has 1 heterocycles. The minimum Gasteiger partial charge on any atom is -0.352 e. The summed E-state index contributed by atoms with van der Waals surface area (Å²) in [6, 6.07) is 19.8. The fourth-order valence-corrected chi connectivity index (χ4v) is 4.52. The molecule has 1 amide bonds. The number of thioether (sulfide) groups is 1. The molecule has 0 aliphatic heterocycles. The third kappa shape index (κ3) is 4.42. The van der Waals surface area contributed by atoms with Crippen LogP contribution in [0.25, 0.3) is 5.69 Å². The maximum Gasteiger partial charge on any atom is 0.238 e. The second-order valence-corrected chi connectivity index (χ2v) is 8.03. The molecular weight excluding hydrogens is 370 g/mol. The lowest BCUT2D eigenvalue weighted by molar-refractivity contribution is -0.121. The maximum atomic E-state index is 13.2. The van der Waals surface area contributed by atoms with E-state index in [1.54, 1.807) is 4.68 Å². The molecule has 2 aromatic carbocycles. The second kappa shape index (κ2) is 9.01. The quantitative estimate of drug-likeness (QED) is 0.642. The highest BCUT2D eigenvalue weighted by atomic mass is 32.2. The molecule has 0 unspecified atom stereocenters. The van der Waals surface area contributed by atoms with Gasteiger partial charge in [-0.15, -0.1) is 5.10 Å². The summed E-state index contributed by atoms with van der Waals surface area (Å²) in [5.41, 5.74) is 1.82. The average molecular weight is 394 g/mol. The van der Waals surface area contributed by atoms with Gasteiger partial charge in [0.15, 0.2) is 0 Å². The highest BCUT2D eigenvalue weighted by molar-refractivity contribution is 8.00. The predicted octanol–water partition coefficient (Wildman–Crippen LogP) is 3.94. The Labute approximate surface area is 168 Å². The first kappa shape index (κ1) is 18.7. The van der Waals surface area contributed by atoms with Gasteiger partial charge in [-0.1, -0.05) is 79.6 Å². The number of carbonyl (C=O) groups excluding carboxylic acids is 1. The van der Waals surface area contributed by atoms with Gasteiger partial charge >= 0.3 is 0 Å². The molecule has 4 rings (SSSR count). The summed E-state index contributed by atoms with van der Waals surface area (Å²) in [6.45, 7) is 0. The van der Waals surface area contributed by atoms with E-state index < -0.39 is 5.25 Å². The summed E-state index contributed by atoms with van der Waals surface area (Å²) in [4.78, 5) is 13.2. The standard InChI is InChI=1S/C21H23N5OS/c27-20(22-17-12-6-2-7-13-17)19(16-10-4-1-5-11-16)28-21-23-24-25-26(21)18-14-8-3-9-15-18/h1,3-5,8-11,14-15,17,19H,2,6-7,12-13H2,(H,22,27)/t19-/m1/s1. The van der Waals surface area contributed by atoms with Crippen molar-refractivity contribution in [1.29, 1.82) is 0 Å². The van der Waals surface area contributed by atoms with Crippen LogP contribution >= 0.6 is 11.8 Å². The maximum absolute atomic E-state index is 13.2. The van der Waals surface area contributed by atoms with Gasteiger partial charge in [-0.2, -0.15) is 4.68 Å². The predicted molar refractivity (Wildman–Crippen MR) is 109 cm³/mol. The van der Waals surface area contributed by atoms with Gasteiger partial charge < -0.3 is 5.32 Å². The van der Waals surface area contributed by atoms with Gasteiger partial charge in [0.05, 0.1) is 5.69 Å². The van der Waals surface area contributed by atoms with E-state index >= 15 is 0 Å². The Balaban J connectivity index is 1.58. The van der Waals surface area contributed by atoms with Crippen LogP contribution in [0.1, 0.15) is 42.9 Å². The average Bonchev–Trinajstić information content (AvgIpc) is 3.22. The number of tetrazole rings is 1. The van der Waals surface area contributed by atoms with Crippen molar-refractivity contribution in [1.82, 2.24) is 25.5 Å². The van der Waals surface area contributed by atoms with Gasteiger partial charge in [0.25, 0.3) is 0 Å². The van der Waals surface area contributed by atoms with Crippen molar-refractivity contribution >= 4 is 17.7 Å². The number of aromatic nitrogens is 4. The molecule has 1 aromatic heterocycles. The zero-order chi connectivity index (χ0) is 19.2. The topological polar surface area (TPSA) is 72.7 Å². The fraction of sp³-hybridized carbons (Fsp3) is 0.333. The molecular formula is C21H23N5OS. The molecule has 0 bridgehead atoms. The van der Waals surface area contributed by atoms with E-state index in [0.717, 1.165) is 24.1 Å². The van der Waals surface area contributed by atoms with Crippen molar-refractivity contribution in [3.63, 3.8) is 0 Å². The molecule has 0 saturated heterocycles. The first-order chi connectivity index (χ1) is 13.8. The fourth-order valence-electron chi connectivity index (χ4n) is 3.51. The van der Waals surface area contributed by atoms with Crippen LogP contribution in [0.15, 0.2) is 65.8 Å². The summed E-state index contributed by atoms with van der Waals surface area (Å²) < 4.78 is 1.68. The van der Waals surface area contributed by atoms with Crippen molar-refractivity contribution in [2.45, 2.75) is 48.6 Å². The van der Waals surface area contributed by atoms with Crippen LogP contribution in [-0.4, -0.2) is 32.2 Å². The molecule has 3 aromatic rings. The van der Waals surface area contributed by atoms with Crippen LogP contribution in [0.2, 0.25) is 0 Å². The normalized spacial score (nSPS) is 15.9. The van der Waals surface area contributed by atoms with E-state index in [0.29, 0.717) is 5.16 Å². The number of nitrogens with one attached hydrogen (secondary N) is 1. The van der Waals surface area contributed by atoms with Crippen molar-refractivity contribution in [3.05, 3.63) is 66.2 Å². The minimum atomic E-state index is -0.406. The van der Waals surface area contributed by atoms with Crippen molar-refractivity contribution in [2.75, 3.05) is 0 Å². The number of hydrogen-bond acceptors (Lipinski definition) is 5. The summed E-state index contributed by atoms with van der Waals surface area (Å²) in [6.07, 6.45) is 5.73. The van der Waals surface area contributed by atoms with Crippen molar-refractivity contribution in [3.8, 4) is 5.69 Å². The van der Waals surface area contributed by atoms with Crippen LogP contribution in [0.4, 0.5) is 0 Å². The van der Waals surface area contributed by atoms with E-state index in [4.69, 9.17) is 0 Å². The summed E-state index contributed by atoms with van der Waals surface area (Å²) in [5.74, 6) is 0.0192. The van der Waals surface area contributed by atoms with E-state index in [9.17, 15) is 4.79 Å². The third-order valence-electron chi connectivity index (χ3n) is 4.96. The Morgan fingerprint density at radius 3 is 2.39 bits per heavy atom. The number of rotatable bonds is 6. The molecule has 6 nitrogen and oxygen atoms in total. The summed E-state index contributed by atoms with van der Waals surface area (Å²) >= 11 is 1.38. The smallest absolute Gasteiger partial charge is 0.238 e. The zero-order valence-corrected chi connectivity index (χ0v) is 16.4. The number of amides is 1. The lowest BCUT2D eigenvalue weighted by atomic mass is 9.95. The lowest BCUT2D eigenvalue weighted by Crippen LogP contribution is -2.38. The van der Waals surface area contributed by atoms with Crippen molar-refractivity contribution < 1.29 is 4.79 Å².